The fraction of sp³-hybridized carbons (Fsp3) is 0.571. The van der Waals surface area contributed by atoms with Crippen LogP contribution >= 0.6 is 0 Å². The van der Waals surface area contributed by atoms with Crippen LogP contribution in [0.25, 0.3) is 0 Å². The molecule has 0 unspecified atom stereocenters. The highest BCUT2D eigenvalue weighted by molar-refractivity contribution is 5.62. The van der Waals surface area contributed by atoms with E-state index in [2.05, 4.69) is 0 Å². The molecule has 0 aliphatic rings. The summed E-state index contributed by atoms with van der Waals surface area (Å²) in [5, 5.41) is 15.9. The lowest BCUT2D eigenvalue weighted by Gasteiger charge is -1.84. The summed E-state index contributed by atoms with van der Waals surface area (Å²) in [7, 11) is 0. The molecule has 0 heterocycles. The van der Waals surface area contributed by atoms with Crippen molar-refractivity contribution in [1.29, 1.82) is 0 Å². The number of aliphatic hydroxyl groups excluding tert-OH is 1. The van der Waals surface area contributed by atoms with Crippen molar-refractivity contribution >= 4 is 5.97 Å². The molecule has 0 radical (unpaired) electrons. The maximum atomic E-state index is 9.00. The molecule has 3 nitrogen and oxygen atoms in total. The molecule has 0 amide bonds. The fourth-order valence-electron chi connectivity index (χ4n) is 0.204. The summed E-state index contributed by atoms with van der Waals surface area (Å²) in [4.78, 5) is 9.00. The molecule has 10 heavy (non-hydrogen) atoms. The SMILES string of the molecule is CC(=O)O.CC=C(O)CC. The van der Waals surface area contributed by atoms with Crippen molar-refractivity contribution in [1.82, 2.24) is 0 Å². The second-order valence-electron chi connectivity index (χ2n) is 1.65. The topological polar surface area (TPSA) is 57.5 Å². The quantitative estimate of drug-likeness (QED) is 0.556. The van der Waals surface area contributed by atoms with Crippen LogP contribution in [0, 0.1) is 0 Å². The van der Waals surface area contributed by atoms with E-state index in [0.29, 0.717) is 5.76 Å². The fourth-order valence-corrected chi connectivity index (χ4v) is 0.204. The molecule has 0 bridgehead atoms. The minimum atomic E-state index is -0.833. The largest absolute Gasteiger partial charge is 0.513 e. The van der Waals surface area contributed by atoms with Gasteiger partial charge in [0.2, 0.25) is 0 Å². The Labute approximate surface area is 61.0 Å². The van der Waals surface area contributed by atoms with Gasteiger partial charge in [0.25, 0.3) is 5.97 Å². The average Bonchev–Trinajstić information content (AvgIpc) is 1.85. The molecular formula is C7H14O3. The number of aliphatic carboxylic acids is 1. The van der Waals surface area contributed by atoms with Gasteiger partial charge >= 0.3 is 0 Å². The molecule has 0 saturated heterocycles. The van der Waals surface area contributed by atoms with Crippen LogP contribution in [-0.4, -0.2) is 16.2 Å². The van der Waals surface area contributed by atoms with Crippen molar-refractivity contribution in [3.05, 3.63) is 11.8 Å². The Morgan fingerprint density at radius 1 is 1.50 bits per heavy atom. The van der Waals surface area contributed by atoms with Gasteiger partial charge in [-0.25, -0.2) is 0 Å². The van der Waals surface area contributed by atoms with Gasteiger partial charge in [-0.1, -0.05) is 6.92 Å². The lowest BCUT2D eigenvalue weighted by Crippen LogP contribution is -1.78. The van der Waals surface area contributed by atoms with Crippen molar-refractivity contribution in [2.75, 3.05) is 0 Å². The molecule has 0 fully saturated rings. The zero-order valence-electron chi connectivity index (χ0n) is 6.59. The Hall–Kier alpha value is -0.990. The minimum Gasteiger partial charge on any atom is -0.513 e. The van der Waals surface area contributed by atoms with E-state index >= 15 is 0 Å². The summed E-state index contributed by atoms with van der Waals surface area (Å²) in [6, 6.07) is 0. The molecule has 0 rings (SSSR count). The monoisotopic (exact) mass is 146 g/mol. The van der Waals surface area contributed by atoms with E-state index < -0.39 is 5.97 Å². The van der Waals surface area contributed by atoms with Gasteiger partial charge in [0.05, 0.1) is 5.76 Å². The van der Waals surface area contributed by atoms with Crippen molar-refractivity contribution in [2.24, 2.45) is 0 Å². The van der Waals surface area contributed by atoms with Crippen molar-refractivity contribution in [3.8, 4) is 0 Å². The Kier molecular flexibility index (Phi) is 9.42. The molecule has 0 aromatic carbocycles. The first kappa shape index (κ1) is 11.8. The van der Waals surface area contributed by atoms with Crippen molar-refractivity contribution < 1.29 is 15.0 Å². The number of carboxylic acid groups (broad SMARTS) is 1. The van der Waals surface area contributed by atoms with Crippen LogP contribution in [0.1, 0.15) is 27.2 Å². The first-order valence-corrected chi connectivity index (χ1v) is 3.08. The highest BCUT2D eigenvalue weighted by atomic mass is 16.4. The number of hydrogen-bond donors (Lipinski definition) is 2. The van der Waals surface area contributed by atoms with Crippen molar-refractivity contribution in [2.45, 2.75) is 27.2 Å². The maximum absolute atomic E-state index is 9.00. The zero-order chi connectivity index (χ0) is 8.57. The standard InChI is InChI=1S/C5H10O.C2H4O2/c1-3-5(6)4-2;1-2(3)4/h3,6H,4H2,1-2H3;1H3,(H,3,4). The van der Waals surface area contributed by atoms with Crippen LogP contribution in [0.15, 0.2) is 11.8 Å². The van der Waals surface area contributed by atoms with Crippen molar-refractivity contribution in [3.63, 3.8) is 0 Å². The first-order chi connectivity index (χ1) is 4.54. The predicted molar refractivity (Wildman–Crippen MR) is 40.0 cm³/mol. The van der Waals surface area contributed by atoms with Crippen LogP contribution in [0.2, 0.25) is 0 Å². The third-order valence-electron chi connectivity index (χ3n) is 0.695. The van der Waals surface area contributed by atoms with Crippen LogP contribution in [0.5, 0.6) is 0 Å². The summed E-state index contributed by atoms with van der Waals surface area (Å²) in [5.74, 6) is -0.366. The van der Waals surface area contributed by atoms with Gasteiger partial charge in [0.15, 0.2) is 0 Å². The van der Waals surface area contributed by atoms with E-state index in [-0.39, 0.29) is 0 Å². The molecule has 0 spiro atoms. The molecule has 0 aromatic heterocycles. The third kappa shape index (κ3) is 27.9. The molecular weight excluding hydrogens is 132 g/mol. The molecule has 60 valence electrons. The number of aliphatic hydroxyl groups is 1. The lowest BCUT2D eigenvalue weighted by atomic mass is 10.4. The maximum Gasteiger partial charge on any atom is 0.300 e. The Morgan fingerprint density at radius 3 is 1.80 bits per heavy atom. The summed E-state index contributed by atoms with van der Waals surface area (Å²) in [6.45, 7) is 4.81. The van der Waals surface area contributed by atoms with Crippen LogP contribution in [-0.2, 0) is 4.79 Å². The average molecular weight is 146 g/mol. The van der Waals surface area contributed by atoms with Gasteiger partial charge in [0, 0.05) is 13.3 Å². The van der Waals surface area contributed by atoms with Gasteiger partial charge in [-0.2, -0.15) is 0 Å². The first-order valence-electron chi connectivity index (χ1n) is 3.08. The molecule has 0 aliphatic heterocycles. The summed E-state index contributed by atoms with van der Waals surface area (Å²) in [6.07, 6.45) is 2.44. The molecule has 0 aliphatic carbocycles. The number of carboxylic acids is 1. The van der Waals surface area contributed by atoms with E-state index in [1.807, 2.05) is 13.8 Å². The third-order valence-corrected chi connectivity index (χ3v) is 0.695. The molecule has 0 aromatic rings. The van der Waals surface area contributed by atoms with E-state index in [4.69, 9.17) is 15.0 Å². The second-order valence-corrected chi connectivity index (χ2v) is 1.65. The number of hydrogen-bond acceptors (Lipinski definition) is 2. The smallest absolute Gasteiger partial charge is 0.300 e. The van der Waals surface area contributed by atoms with Gasteiger partial charge in [-0.3, -0.25) is 4.79 Å². The second kappa shape index (κ2) is 8.01. The molecule has 0 atom stereocenters. The van der Waals surface area contributed by atoms with E-state index in [0.717, 1.165) is 13.3 Å². The number of carbonyl (C=O) groups is 1. The molecule has 3 heteroatoms. The summed E-state index contributed by atoms with van der Waals surface area (Å²) < 4.78 is 0. The predicted octanol–water partition coefficient (Wildman–Crippen LogP) is 1.95. The molecule has 2 N–H and O–H groups in total. The summed E-state index contributed by atoms with van der Waals surface area (Å²) in [5.41, 5.74) is 0. The number of allylic oxidation sites excluding steroid dienone is 2. The Bertz CT molecular complexity index is 112. The molecule has 0 saturated carbocycles. The number of rotatable bonds is 1. The summed E-state index contributed by atoms with van der Waals surface area (Å²) >= 11 is 0. The highest BCUT2D eigenvalue weighted by Crippen LogP contribution is 1.89. The highest BCUT2D eigenvalue weighted by Gasteiger charge is 1.76. The normalized spacial score (nSPS) is 9.70. The zero-order valence-corrected chi connectivity index (χ0v) is 6.59. The van der Waals surface area contributed by atoms with Crippen LogP contribution < -0.4 is 0 Å². The van der Waals surface area contributed by atoms with E-state index in [1.54, 1.807) is 6.08 Å². The van der Waals surface area contributed by atoms with Crippen LogP contribution in [0.3, 0.4) is 0 Å². The van der Waals surface area contributed by atoms with Crippen LogP contribution in [0.4, 0.5) is 0 Å². The Morgan fingerprint density at radius 2 is 1.80 bits per heavy atom. The van der Waals surface area contributed by atoms with Gasteiger partial charge in [-0.15, -0.1) is 0 Å². The Balaban J connectivity index is 0. The lowest BCUT2D eigenvalue weighted by molar-refractivity contribution is -0.134. The van der Waals surface area contributed by atoms with E-state index in [9.17, 15) is 0 Å². The van der Waals surface area contributed by atoms with Gasteiger partial charge < -0.3 is 10.2 Å². The van der Waals surface area contributed by atoms with Gasteiger partial charge in [-0.05, 0) is 13.0 Å². The van der Waals surface area contributed by atoms with Gasteiger partial charge in [0.1, 0.15) is 0 Å². The minimum absolute atomic E-state index is 0.468. The van der Waals surface area contributed by atoms with E-state index in [1.165, 1.54) is 0 Å².